The normalized spacial score (nSPS) is 22.2. The molecular weight excluding hydrogens is 404 g/mol. The highest BCUT2D eigenvalue weighted by molar-refractivity contribution is 6.13. The number of Topliss-reactive ketones (excluding diaryl/α,β-unsaturated/α-hetero) is 1. The number of carbonyl (C=O) groups excluding carboxylic acids is 1. The van der Waals surface area contributed by atoms with Crippen LogP contribution in [0.5, 0.6) is 17.2 Å². The van der Waals surface area contributed by atoms with Gasteiger partial charge in [-0.25, -0.2) is 0 Å². The Kier molecular flexibility index (Phi) is 5.49. The lowest BCUT2D eigenvalue weighted by atomic mass is 10.0. The number of ether oxygens (including phenoxy) is 2. The summed E-state index contributed by atoms with van der Waals surface area (Å²) in [6, 6.07) is 11.1. The van der Waals surface area contributed by atoms with Crippen LogP contribution in [0.3, 0.4) is 0 Å². The number of hydrogen-bond donors (Lipinski definition) is 1. The van der Waals surface area contributed by atoms with Gasteiger partial charge >= 0.3 is 0 Å². The molecule has 0 bridgehead atoms. The lowest BCUT2D eigenvalue weighted by Gasteiger charge is -2.34. The molecular formula is C26H28N2O4. The van der Waals surface area contributed by atoms with E-state index in [9.17, 15) is 9.90 Å². The van der Waals surface area contributed by atoms with Crippen molar-refractivity contribution in [1.82, 2.24) is 9.80 Å². The fourth-order valence-electron chi connectivity index (χ4n) is 4.51. The number of allylic oxidation sites excluding steroid dienone is 1. The zero-order valence-electron chi connectivity index (χ0n) is 18.5. The minimum atomic E-state index is -0.194. The van der Waals surface area contributed by atoms with Crippen LogP contribution in [-0.2, 0) is 6.54 Å². The lowest BCUT2D eigenvalue weighted by molar-refractivity contribution is 0.101. The van der Waals surface area contributed by atoms with Gasteiger partial charge in [0, 0.05) is 38.3 Å². The average molecular weight is 433 g/mol. The molecule has 5 rings (SSSR count). The summed E-state index contributed by atoms with van der Waals surface area (Å²) in [4.78, 5) is 17.8. The predicted octanol–water partition coefficient (Wildman–Crippen LogP) is 3.85. The van der Waals surface area contributed by atoms with Crippen molar-refractivity contribution in [3.8, 4) is 17.2 Å². The van der Waals surface area contributed by atoms with Crippen LogP contribution in [0, 0.1) is 0 Å². The van der Waals surface area contributed by atoms with Crippen molar-refractivity contribution in [3.63, 3.8) is 0 Å². The van der Waals surface area contributed by atoms with Crippen LogP contribution in [0.25, 0.3) is 6.08 Å². The molecule has 0 saturated carbocycles. The number of fused-ring (bicyclic) bond motifs is 2. The number of likely N-dealkylation sites (N-methyl/N-ethyl adjacent to an activating group) is 1. The molecule has 6 heteroatoms. The summed E-state index contributed by atoms with van der Waals surface area (Å²) in [7, 11) is 0. The van der Waals surface area contributed by atoms with Gasteiger partial charge in [0.1, 0.15) is 23.4 Å². The number of rotatable bonds is 4. The molecule has 3 aliphatic rings. The van der Waals surface area contributed by atoms with E-state index in [1.54, 1.807) is 18.2 Å². The van der Waals surface area contributed by atoms with E-state index >= 15 is 0 Å². The van der Waals surface area contributed by atoms with Crippen molar-refractivity contribution in [2.45, 2.75) is 26.5 Å². The largest absolute Gasteiger partial charge is 0.507 e. The van der Waals surface area contributed by atoms with Crippen molar-refractivity contribution >= 4 is 11.9 Å². The SMILES string of the molecule is CCN1CCN(Cc2c(O)ccc3c2OC(=CC2=Cc4ccccc4O[C@@H]2C)C3=O)CC1. The Morgan fingerprint density at radius 3 is 2.62 bits per heavy atom. The number of nitrogens with zero attached hydrogens (tertiary/aromatic N) is 2. The van der Waals surface area contributed by atoms with Gasteiger partial charge in [-0.15, -0.1) is 0 Å². The van der Waals surface area contributed by atoms with Crippen LogP contribution in [0.2, 0.25) is 0 Å². The van der Waals surface area contributed by atoms with Gasteiger partial charge in [-0.1, -0.05) is 25.1 Å². The Morgan fingerprint density at radius 1 is 1.09 bits per heavy atom. The minimum Gasteiger partial charge on any atom is -0.507 e. The molecule has 0 spiro atoms. The maximum atomic E-state index is 13.1. The maximum absolute atomic E-state index is 13.1. The van der Waals surface area contributed by atoms with E-state index in [0.29, 0.717) is 23.4 Å². The molecule has 0 radical (unpaired) electrons. The zero-order valence-corrected chi connectivity index (χ0v) is 18.5. The van der Waals surface area contributed by atoms with Crippen molar-refractivity contribution in [3.05, 3.63) is 70.5 Å². The van der Waals surface area contributed by atoms with Crippen LogP contribution in [0.1, 0.15) is 35.3 Å². The van der Waals surface area contributed by atoms with E-state index in [4.69, 9.17) is 9.47 Å². The van der Waals surface area contributed by atoms with Gasteiger partial charge in [0.25, 0.3) is 0 Å². The number of carbonyl (C=O) groups is 1. The van der Waals surface area contributed by atoms with E-state index in [0.717, 1.165) is 49.6 Å². The summed E-state index contributed by atoms with van der Waals surface area (Å²) in [5, 5.41) is 10.6. The van der Waals surface area contributed by atoms with Crippen LogP contribution in [0.4, 0.5) is 0 Å². The van der Waals surface area contributed by atoms with Gasteiger partial charge in [-0.2, -0.15) is 0 Å². The van der Waals surface area contributed by atoms with E-state index in [1.807, 2.05) is 37.3 Å². The summed E-state index contributed by atoms with van der Waals surface area (Å²) in [6.45, 7) is 9.60. The van der Waals surface area contributed by atoms with Gasteiger partial charge in [0.05, 0.1) is 11.1 Å². The number of phenolic OH excluding ortho intramolecular Hbond substituents is 1. The molecule has 1 N–H and O–H groups in total. The first kappa shape index (κ1) is 20.8. The molecule has 6 nitrogen and oxygen atoms in total. The molecule has 0 aromatic heterocycles. The minimum absolute atomic E-state index is 0.163. The fourth-order valence-corrected chi connectivity index (χ4v) is 4.51. The topological polar surface area (TPSA) is 62.2 Å². The van der Waals surface area contributed by atoms with Gasteiger partial charge in [0.2, 0.25) is 5.78 Å². The maximum Gasteiger partial charge on any atom is 0.231 e. The fraction of sp³-hybridized carbons (Fsp3) is 0.346. The number of para-hydroxylation sites is 1. The number of phenols is 1. The third-order valence-corrected chi connectivity index (χ3v) is 6.52. The van der Waals surface area contributed by atoms with Gasteiger partial charge < -0.3 is 19.5 Å². The van der Waals surface area contributed by atoms with E-state index in [-0.39, 0.29) is 23.4 Å². The average Bonchev–Trinajstić information content (AvgIpc) is 3.12. The first-order chi connectivity index (χ1) is 15.5. The zero-order chi connectivity index (χ0) is 22.2. The van der Waals surface area contributed by atoms with Crippen molar-refractivity contribution in [1.29, 1.82) is 0 Å². The Balaban J connectivity index is 1.41. The number of ketones is 1. The summed E-state index contributed by atoms with van der Waals surface area (Å²) in [5.41, 5.74) is 3.03. The lowest BCUT2D eigenvalue weighted by Crippen LogP contribution is -2.45. The second-order valence-corrected chi connectivity index (χ2v) is 8.53. The van der Waals surface area contributed by atoms with E-state index < -0.39 is 0 Å². The van der Waals surface area contributed by atoms with Crippen molar-refractivity contribution < 1.29 is 19.4 Å². The number of hydrogen-bond acceptors (Lipinski definition) is 6. The third-order valence-electron chi connectivity index (χ3n) is 6.52. The van der Waals surface area contributed by atoms with Gasteiger partial charge in [-0.05, 0) is 49.4 Å². The molecule has 3 heterocycles. The Bertz CT molecular complexity index is 1110. The number of piperazine rings is 1. The second kappa shape index (κ2) is 8.45. The van der Waals surface area contributed by atoms with Crippen LogP contribution < -0.4 is 9.47 Å². The first-order valence-electron chi connectivity index (χ1n) is 11.2. The summed E-state index contributed by atoms with van der Waals surface area (Å²) >= 11 is 0. The molecule has 166 valence electrons. The quantitative estimate of drug-likeness (QED) is 0.741. The molecule has 1 atom stereocenters. The Labute approximate surface area is 188 Å². The number of benzene rings is 2. The monoisotopic (exact) mass is 432 g/mol. The van der Waals surface area contributed by atoms with Crippen LogP contribution in [0.15, 0.2) is 53.8 Å². The molecule has 32 heavy (non-hydrogen) atoms. The van der Waals surface area contributed by atoms with Crippen LogP contribution >= 0.6 is 0 Å². The van der Waals surface area contributed by atoms with Crippen molar-refractivity contribution in [2.24, 2.45) is 0 Å². The van der Waals surface area contributed by atoms with Gasteiger partial charge in [0.15, 0.2) is 5.76 Å². The Morgan fingerprint density at radius 2 is 1.84 bits per heavy atom. The molecule has 1 fully saturated rings. The second-order valence-electron chi connectivity index (χ2n) is 8.53. The summed E-state index contributed by atoms with van der Waals surface area (Å²) in [5.74, 6) is 1.58. The highest BCUT2D eigenvalue weighted by Gasteiger charge is 2.33. The Hall–Kier alpha value is -3.09. The molecule has 0 aliphatic carbocycles. The predicted molar refractivity (Wildman–Crippen MR) is 123 cm³/mol. The molecule has 0 amide bonds. The smallest absolute Gasteiger partial charge is 0.231 e. The molecule has 2 aromatic carbocycles. The van der Waals surface area contributed by atoms with Crippen LogP contribution in [-0.4, -0.2) is 59.5 Å². The molecule has 1 saturated heterocycles. The standard InChI is InChI=1S/C26H28N2O4/c1-3-27-10-12-28(13-11-27)16-21-22(29)9-8-20-25(30)24(32-26(20)21)15-19-14-18-6-4-5-7-23(18)31-17(19)2/h4-9,14-15,17,29H,3,10-13,16H2,1-2H3/t17-/m1/s1. The summed E-state index contributed by atoms with van der Waals surface area (Å²) in [6.07, 6.45) is 3.60. The highest BCUT2D eigenvalue weighted by Crippen LogP contribution is 2.40. The molecule has 3 aliphatic heterocycles. The third kappa shape index (κ3) is 3.80. The molecule has 0 unspecified atom stereocenters. The summed E-state index contributed by atoms with van der Waals surface area (Å²) < 4.78 is 12.1. The first-order valence-corrected chi connectivity index (χ1v) is 11.2. The van der Waals surface area contributed by atoms with Crippen molar-refractivity contribution in [2.75, 3.05) is 32.7 Å². The highest BCUT2D eigenvalue weighted by atomic mass is 16.5. The van der Waals surface area contributed by atoms with E-state index in [2.05, 4.69) is 16.7 Å². The van der Waals surface area contributed by atoms with E-state index in [1.165, 1.54) is 0 Å². The number of aromatic hydroxyl groups is 1. The molecule has 2 aromatic rings. The van der Waals surface area contributed by atoms with Gasteiger partial charge in [-0.3, -0.25) is 9.69 Å².